The topological polar surface area (TPSA) is 90.1 Å². The average molecular weight is 298 g/mol. The highest BCUT2D eigenvalue weighted by Crippen LogP contribution is 2.27. The molecule has 1 aliphatic carbocycles. The summed E-state index contributed by atoms with van der Waals surface area (Å²) in [5.74, 6) is 1.03. The number of amides is 1. The molecule has 2 aromatic rings. The van der Waals surface area contributed by atoms with Crippen LogP contribution < -0.4 is 15.8 Å². The highest BCUT2D eigenvalue weighted by Gasteiger charge is 2.27. The summed E-state index contributed by atoms with van der Waals surface area (Å²) in [5, 5.41) is 10.5. The van der Waals surface area contributed by atoms with Crippen molar-refractivity contribution in [2.75, 3.05) is 5.32 Å². The van der Waals surface area contributed by atoms with E-state index in [4.69, 9.17) is 10.5 Å². The molecule has 3 rings (SSSR count). The first kappa shape index (κ1) is 14.5. The number of ether oxygens (including phenoxy) is 1. The minimum Gasteiger partial charge on any atom is -0.437 e. The first-order valence-corrected chi connectivity index (χ1v) is 7.33. The van der Waals surface area contributed by atoms with E-state index in [0.29, 0.717) is 17.3 Å². The maximum absolute atomic E-state index is 12.2. The number of hydrogen-bond acceptors (Lipinski definition) is 5. The maximum atomic E-state index is 12.2. The Labute approximate surface area is 128 Å². The van der Waals surface area contributed by atoms with Crippen LogP contribution in [-0.4, -0.2) is 22.1 Å². The zero-order valence-corrected chi connectivity index (χ0v) is 12.1. The van der Waals surface area contributed by atoms with Crippen molar-refractivity contribution in [1.82, 2.24) is 10.2 Å². The Morgan fingerprint density at radius 2 is 2.18 bits per heavy atom. The molecule has 3 N–H and O–H groups in total. The largest absolute Gasteiger partial charge is 0.437 e. The van der Waals surface area contributed by atoms with Crippen molar-refractivity contribution in [2.24, 2.45) is 11.7 Å². The summed E-state index contributed by atoms with van der Waals surface area (Å²) in [6.45, 7) is 0. The van der Waals surface area contributed by atoms with Crippen LogP contribution in [0.25, 0.3) is 0 Å². The quantitative estimate of drug-likeness (QED) is 0.904. The van der Waals surface area contributed by atoms with E-state index in [1.54, 1.807) is 30.5 Å². The third-order valence-electron chi connectivity index (χ3n) is 3.72. The zero-order valence-electron chi connectivity index (χ0n) is 12.1. The number of rotatable bonds is 4. The molecule has 1 heterocycles. The van der Waals surface area contributed by atoms with E-state index in [9.17, 15) is 4.79 Å². The molecule has 114 valence electrons. The van der Waals surface area contributed by atoms with Gasteiger partial charge in [0.2, 0.25) is 11.8 Å². The van der Waals surface area contributed by atoms with Crippen LogP contribution in [0.2, 0.25) is 0 Å². The second kappa shape index (κ2) is 6.53. The molecule has 1 amide bonds. The van der Waals surface area contributed by atoms with Crippen molar-refractivity contribution in [3.05, 3.63) is 42.6 Å². The van der Waals surface area contributed by atoms with Crippen molar-refractivity contribution < 1.29 is 9.53 Å². The van der Waals surface area contributed by atoms with Gasteiger partial charge in [-0.3, -0.25) is 4.79 Å². The Morgan fingerprint density at radius 1 is 1.27 bits per heavy atom. The fourth-order valence-electron chi connectivity index (χ4n) is 2.60. The normalized spacial score (nSPS) is 20.6. The lowest BCUT2D eigenvalue weighted by atomic mass is 10.1. The molecular formula is C16H18N4O2. The van der Waals surface area contributed by atoms with Crippen LogP contribution in [0, 0.1) is 5.92 Å². The molecule has 2 atom stereocenters. The van der Waals surface area contributed by atoms with Crippen LogP contribution in [0.15, 0.2) is 42.6 Å². The minimum atomic E-state index is -0.000403. The molecule has 2 unspecified atom stereocenters. The second-order valence-electron chi connectivity index (χ2n) is 5.45. The fourth-order valence-corrected chi connectivity index (χ4v) is 2.60. The summed E-state index contributed by atoms with van der Waals surface area (Å²) in [4.78, 5) is 12.2. The number of anilines is 1. The predicted molar refractivity (Wildman–Crippen MR) is 82.5 cm³/mol. The Balaban J connectivity index is 1.65. The molecule has 0 aliphatic heterocycles. The standard InChI is InChI=1S/C16H18N4O2/c17-12-7-6-11(9-12)16(21)19-13-3-1-4-14(10-13)22-15-5-2-8-18-20-15/h1-5,8,10-12H,6-7,9,17H2,(H,19,21). The highest BCUT2D eigenvalue weighted by molar-refractivity contribution is 5.92. The van der Waals surface area contributed by atoms with Gasteiger partial charge in [-0.2, -0.15) is 5.10 Å². The van der Waals surface area contributed by atoms with E-state index in [1.807, 2.05) is 12.1 Å². The third kappa shape index (κ3) is 3.59. The lowest BCUT2D eigenvalue weighted by Gasteiger charge is -2.12. The molecule has 1 fully saturated rings. The van der Waals surface area contributed by atoms with Crippen LogP contribution in [0.1, 0.15) is 19.3 Å². The molecule has 0 radical (unpaired) electrons. The molecule has 22 heavy (non-hydrogen) atoms. The molecule has 0 bridgehead atoms. The van der Waals surface area contributed by atoms with Crippen molar-refractivity contribution in [3.63, 3.8) is 0 Å². The van der Waals surface area contributed by atoms with Gasteiger partial charge in [-0.25, -0.2) is 0 Å². The summed E-state index contributed by atoms with van der Waals surface area (Å²) in [7, 11) is 0. The Kier molecular flexibility index (Phi) is 4.29. The van der Waals surface area contributed by atoms with Gasteiger partial charge in [-0.15, -0.1) is 5.10 Å². The third-order valence-corrected chi connectivity index (χ3v) is 3.72. The van der Waals surface area contributed by atoms with Crippen molar-refractivity contribution in [3.8, 4) is 11.6 Å². The number of carbonyl (C=O) groups is 1. The van der Waals surface area contributed by atoms with Crippen LogP contribution in [0.4, 0.5) is 5.69 Å². The lowest BCUT2D eigenvalue weighted by Crippen LogP contribution is -2.23. The van der Waals surface area contributed by atoms with Crippen molar-refractivity contribution >= 4 is 11.6 Å². The van der Waals surface area contributed by atoms with E-state index in [2.05, 4.69) is 15.5 Å². The number of hydrogen-bond donors (Lipinski definition) is 2. The monoisotopic (exact) mass is 298 g/mol. The number of aromatic nitrogens is 2. The van der Waals surface area contributed by atoms with Crippen LogP contribution in [-0.2, 0) is 4.79 Å². The molecule has 6 heteroatoms. The van der Waals surface area contributed by atoms with Gasteiger partial charge in [0, 0.05) is 36.0 Å². The van der Waals surface area contributed by atoms with Gasteiger partial charge in [0.15, 0.2) is 0 Å². The van der Waals surface area contributed by atoms with Gasteiger partial charge in [0.25, 0.3) is 0 Å². The van der Waals surface area contributed by atoms with E-state index in [1.165, 1.54) is 0 Å². The van der Waals surface area contributed by atoms with Crippen LogP contribution in [0.5, 0.6) is 11.6 Å². The Hall–Kier alpha value is -2.47. The summed E-state index contributed by atoms with van der Waals surface area (Å²) < 4.78 is 5.60. The van der Waals surface area contributed by atoms with E-state index < -0.39 is 0 Å². The van der Waals surface area contributed by atoms with Crippen LogP contribution in [0.3, 0.4) is 0 Å². The summed E-state index contributed by atoms with van der Waals surface area (Å²) in [5.41, 5.74) is 6.55. The number of nitrogens with two attached hydrogens (primary N) is 1. The Morgan fingerprint density at radius 3 is 2.91 bits per heavy atom. The molecule has 1 aliphatic rings. The van der Waals surface area contributed by atoms with Gasteiger partial charge in [-0.05, 0) is 37.5 Å². The van der Waals surface area contributed by atoms with Gasteiger partial charge in [0.1, 0.15) is 5.75 Å². The van der Waals surface area contributed by atoms with E-state index >= 15 is 0 Å². The molecule has 0 saturated heterocycles. The van der Waals surface area contributed by atoms with Gasteiger partial charge in [0.05, 0.1) is 0 Å². The number of nitrogens with one attached hydrogen (secondary N) is 1. The fraction of sp³-hybridized carbons (Fsp3) is 0.312. The number of benzene rings is 1. The smallest absolute Gasteiger partial charge is 0.238 e. The number of nitrogens with zero attached hydrogens (tertiary/aromatic N) is 2. The predicted octanol–water partition coefficient (Wildman–Crippen LogP) is 2.33. The second-order valence-corrected chi connectivity index (χ2v) is 5.45. The molecule has 1 aromatic heterocycles. The van der Waals surface area contributed by atoms with Crippen molar-refractivity contribution in [1.29, 1.82) is 0 Å². The molecule has 1 saturated carbocycles. The van der Waals surface area contributed by atoms with Crippen molar-refractivity contribution in [2.45, 2.75) is 25.3 Å². The zero-order chi connectivity index (χ0) is 15.4. The van der Waals surface area contributed by atoms with Gasteiger partial charge < -0.3 is 15.8 Å². The van der Waals surface area contributed by atoms with Gasteiger partial charge >= 0.3 is 0 Å². The Bertz CT molecular complexity index is 648. The minimum absolute atomic E-state index is 0.000403. The summed E-state index contributed by atoms with van der Waals surface area (Å²) in [6.07, 6.45) is 4.09. The number of carbonyl (C=O) groups excluding carboxylic acids is 1. The molecule has 6 nitrogen and oxygen atoms in total. The molecule has 1 aromatic carbocycles. The van der Waals surface area contributed by atoms with E-state index in [0.717, 1.165) is 19.3 Å². The lowest BCUT2D eigenvalue weighted by molar-refractivity contribution is -0.119. The summed E-state index contributed by atoms with van der Waals surface area (Å²) >= 11 is 0. The summed E-state index contributed by atoms with van der Waals surface area (Å²) in [6, 6.07) is 10.8. The average Bonchev–Trinajstić information content (AvgIpc) is 2.95. The first-order valence-electron chi connectivity index (χ1n) is 7.33. The van der Waals surface area contributed by atoms with E-state index in [-0.39, 0.29) is 17.9 Å². The molecular weight excluding hydrogens is 280 g/mol. The highest BCUT2D eigenvalue weighted by atomic mass is 16.5. The SMILES string of the molecule is NC1CCC(C(=O)Nc2cccc(Oc3cccnn3)c2)C1. The van der Waals surface area contributed by atoms with Gasteiger partial charge in [-0.1, -0.05) is 6.07 Å². The van der Waals surface area contributed by atoms with Crippen LogP contribution >= 0.6 is 0 Å². The maximum Gasteiger partial charge on any atom is 0.238 e. The molecule has 0 spiro atoms. The first-order chi connectivity index (χ1) is 10.7.